The number of halogens is 1. The molecule has 0 saturated heterocycles. The van der Waals surface area contributed by atoms with E-state index in [1.807, 2.05) is 42.5 Å². The molecule has 2 amide bonds. The largest absolute Gasteiger partial charge is 0.497 e. The summed E-state index contributed by atoms with van der Waals surface area (Å²) in [5.74, 6) is 0.0775. The first-order chi connectivity index (χ1) is 18.6. The Balaban J connectivity index is 1.82. The van der Waals surface area contributed by atoms with E-state index in [-0.39, 0.29) is 37.7 Å². The third-order valence-corrected chi connectivity index (χ3v) is 7.74. The van der Waals surface area contributed by atoms with Gasteiger partial charge in [0, 0.05) is 38.0 Å². The maximum Gasteiger partial charge on any atom is 0.242 e. The zero-order valence-electron chi connectivity index (χ0n) is 22.3. The molecule has 0 aliphatic rings. The number of rotatable bonds is 13. The molecule has 0 saturated carbocycles. The lowest BCUT2D eigenvalue weighted by molar-refractivity contribution is -0.141. The number of carbonyl (C=O) groups is 2. The summed E-state index contributed by atoms with van der Waals surface area (Å²) in [6.45, 7) is 0.310. The number of ether oxygens (including phenoxy) is 1. The van der Waals surface area contributed by atoms with Crippen molar-refractivity contribution in [2.24, 2.45) is 0 Å². The highest BCUT2D eigenvalue weighted by molar-refractivity contribution is 7.92. The average molecular weight is 572 g/mol. The lowest BCUT2D eigenvalue weighted by Gasteiger charge is -2.31. The fraction of sp³-hybridized carbons (Fsp3) is 0.310. The van der Waals surface area contributed by atoms with Crippen molar-refractivity contribution >= 4 is 39.1 Å². The van der Waals surface area contributed by atoms with E-state index in [1.165, 1.54) is 11.4 Å². The van der Waals surface area contributed by atoms with Crippen molar-refractivity contribution in [3.05, 3.63) is 95.0 Å². The Bertz CT molecular complexity index is 1330. The van der Waals surface area contributed by atoms with E-state index in [1.54, 1.807) is 48.3 Å². The minimum absolute atomic E-state index is 0.0536. The number of benzene rings is 3. The number of anilines is 1. The average Bonchev–Trinajstić information content (AvgIpc) is 2.93. The highest BCUT2D eigenvalue weighted by Crippen LogP contribution is 2.23. The number of nitrogens with zero attached hydrogens (tertiary/aromatic N) is 2. The molecule has 0 aliphatic heterocycles. The van der Waals surface area contributed by atoms with Crippen molar-refractivity contribution < 1.29 is 22.7 Å². The van der Waals surface area contributed by atoms with E-state index in [0.29, 0.717) is 22.9 Å². The molecule has 208 valence electrons. The SMILES string of the molecule is CNC(=O)C(Cc1ccccc1)N(Cc1ccc(Cl)cc1)C(=O)CCCN(c1ccc(OC)cc1)S(C)(=O)=O. The van der Waals surface area contributed by atoms with Crippen LogP contribution in [0.25, 0.3) is 0 Å². The fourth-order valence-electron chi connectivity index (χ4n) is 4.26. The highest BCUT2D eigenvalue weighted by Gasteiger charge is 2.30. The van der Waals surface area contributed by atoms with Crippen LogP contribution in [0.3, 0.4) is 0 Å². The molecule has 1 unspecified atom stereocenters. The Morgan fingerprint density at radius 1 is 0.949 bits per heavy atom. The summed E-state index contributed by atoms with van der Waals surface area (Å²) in [5.41, 5.74) is 2.23. The zero-order chi connectivity index (χ0) is 28.4. The van der Waals surface area contributed by atoms with Gasteiger partial charge in [0.2, 0.25) is 21.8 Å². The van der Waals surface area contributed by atoms with Gasteiger partial charge in [-0.25, -0.2) is 8.42 Å². The molecule has 3 rings (SSSR count). The van der Waals surface area contributed by atoms with Gasteiger partial charge in [0.15, 0.2) is 0 Å². The van der Waals surface area contributed by atoms with Crippen molar-refractivity contribution in [3.63, 3.8) is 0 Å². The summed E-state index contributed by atoms with van der Waals surface area (Å²) in [6.07, 6.45) is 1.79. The number of amides is 2. The Morgan fingerprint density at radius 3 is 2.15 bits per heavy atom. The second kappa shape index (κ2) is 14.0. The molecule has 1 N–H and O–H groups in total. The van der Waals surface area contributed by atoms with Crippen LogP contribution in [0, 0.1) is 0 Å². The summed E-state index contributed by atoms with van der Waals surface area (Å²) >= 11 is 6.05. The van der Waals surface area contributed by atoms with Crippen LogP contribution in [0.15, 0.2) is 78.9 Å². The summed E-state index contributed by atoms with van der Waals surface area (Å²) in [4.78, 5) is 28.2. The van der Waals surface area contributed by atoms with Gasteiger partial charge in [-0.2, -0.15) is 0 Å². The Labute approximate surface area is 235 Å². The molecule has 0 radical (unpaired) electrons. The van der Waals surface area contributed by atoms with Crippen molar-refractivity contribution in [3.8, 4) is 5.75 Å². The first-order valence-electron chi connectivity index (χ1n) is 12.5. The number of likely N-dealkylation sites (N-methyl/N-ethyl adjacent to an activating group) is 1. The zero-order valence-corrected chi connectivity index (χ0v) is 23.9. The summed E-state index contributed by atoms with van der Waals surface area (Å²) in [5, 5.41) is 3.26. The third kappa shape index (κ3) is 8.73. The monoisotopic (exact) mass is 571 g/mol. The van der Waals surface area contributed by atoms with Crippen LogP contribution in [-0.4, -0.2) is 58.1 Å². The molecule has 39 heavy (non-hydrogen) atoms. The standard InChI is InChI=1S/C29H34ClN3O5S/c1-31-29(35)27(20-22-8-5-4-6-9-22)32(21-23-11-13-24(30)14-12-23)28(34)10-7-19-33(39(3,36)37)25-15-17-26(38-2)18-16-25/h4-6,8-9,11-18,27H,7,10,19-21H2,1-3H3,(H,31,35). The number of hydrogen-bond donors (Lipinski definition) is 1. The highest BCUT2D eigenvalue weighted by atomic mass is 35.5. The number of nitrogens with one attached hydrogen (secondary N) is 1. The van der Waals surface area contributed by atoms with Crippen LogP contribution in [0.2, 0.25) is 5.02 Å². The van der Waals surface area contributed by atoms with Gasteiger partial charge in [-0.3, -0.25) is 13.9 Å². The maximum absolute atomic E-state index is 13.7. The van der Waals surface area contributed by atoms with Crippen molar-refractivity contribution in [1.29, 1.82) is 0 Å². The molecule has 3 aromatic rings. The first kappa shape index (κ1) is 30.0. The van der Waals surface area contributed by atoms with Gasteiger partial charge in [0.25, 0.3) is 0 Å². The smallest absolute Gasteiger partial charge is 0.242 e. The number of sulfonamides is 1. The van der Waals surface area contributed by atoms with Crippen LogP contribution in [0.5, 0.6) is 5.75 Å². The second-order valence-corrected chi connectivity index (χ2v) is 11.4. The van der Waals surface area contributed by atoms with E-state index in [4.69, 9.17) is 16.3 Å². The van der Waals surface area contributed by atoms with E-state index in [0.717, 1.165) is 17.4 Å². The van der Waals surface area contributed by atoms with E-state index in [2.05, 4.69) is 5.32 Å². The molecule has 0 bridgehead atoms. The second-order valence-electron chi connectivity index (χ2n) is 9.10. The predicted molar refractivity (Wildman–Crippen MR) is 154 cm³/mol. The van der Waals surface area contributed by atoms with E-state index in [9.17, 15) is 18.0 Å². The molecule has 0 aromatic heterocycles. The maximum atomic E-state index is 13.7. The van der Waals surface area contributed by atoms with Gasteiger partial charge in [-0.15, -0.1) is 0 Å². The van der Waals surface area contributed by atoms with Crippen molar-refractivity contribution in [1.82, 2.24) is 10.2 Å². The van der Waals surface area contributed by atoms with Gasteiger partial charge in [-0.1, -0.05) is 54.1 Å². The van der Waals surface area contributed by atoms with Gasteiger partial charge in [0.1, 0.15) is 11.8 Å². The summed E-state index contributed by atoms with van der Waals surface area (Å²) in [6, 6.07) is 22.6. The fourth-order valence-corrected chi connectivity index (χ4v) is 5.35. The van der Waals surface area contributed by atoms with Gasteiger partial charge >= 0.3 is 0 Å². The normalized spacial score (nSPS) is 11.9. The van der Waals surface area contributed by atoms with Crippen LogP contribution in [0.1, 0.15) is 24.0 Å². The quantitative estimate of drug-likeness (QED) is 0.330. The molecule has 1 atom stereocenters. The van der Waals surface area contributed by atoms with Crippen LogP contribution in [-0.2, 0) is 32.6 Å². The molecule has 0 aliphatic carbocycles. The Hall–Kier alpha value is -3.56. The van der Waals surface area contributed by atoms with Gasteiger partial charge in [0.05, 0.1) is 19.1 Å². The van der Waals surface area contributed by atoms with E-state index < -0.39 is 16.1 Å². The lowest BCUT2D eigenvalue weighted by atomic mass is 10.0. The minimum Gasteiger partial charge on any atom is -0.497 e. The van der Waals surface area contributed by atoms with Crippen molar-refractivity contribution in [2.75, 3.05) is 31.3 Å². The predicted octanol–water partition coefficient (Wildman–Crippen LogP) is 4.28. The minimum atomic E-state index is -3.59. The molecule has 0 spiro atoms. The molecule has 3 aromatic carbocycles. The number of hydrogen-bond acceptors (Lipinski definition) is 5. The van der Waals surface area contributed by atoms with Crippen molar-refractivity contribution in [2.45, 2.75) is 31.8 Å². The summed E-state index contributed by atoms with van der Waals surface area (Å²) in [7, 11) is -0.510. The van der Waals surface area contributed by atoms with Gasteiger partial charge < -0.3 is 15.0 Å². The molecule has 0 heterocycles. The van der Waals surface area contributed by atoms with Crippen LogP contribution >= 0.6 is 11.6 Å². The number of methoxy groups -OCH3 is 1. The Morgan fingerprint density at radius 2 is 1.59 bits per heavy atom. The topological polar surface area (TPSA) is 96.0 Å². The lowest BCUT2D eigenvalue weighted by Crippen LogP contribution is -2.49. The molecule has 8 nitrogen and oxygen atoms in total. The number of carbonyl (C=O) groups excluding carboxylic acids is 2. The van der Waals surface area contributed by atoms with E-state index >= 15 is 0 Å². The van der Waals surface area contributed by atoms with Gasteiger partial charge in [-0.05, 0) is 53.9 Å². The van der Waals surface area contributed by atoms with Crippen LogP contribution in [0.4, 0.5) is 5.69 Å². The third-order valence-electron chi connectivity index (χ3n) is 6.30. The Kier molecular flexibility index (Phi) is 10.8. The molecular weight excluding hydrogens is 538 g/mol. The summed E-state index contributed by atoms with van der Waals surface area (Å²) < 4.78 is 31.5. The van der Waals surface area contributed by atoms with Crippen LogP contribution < -0.4 is 14.4 Å². The molecular formula is C29H34ClN3O5S. The molecule has 10 heteroatoms. The molecule has 0 fully saturated rings. The first-order valence-corrected chi connectivity index (χ1v) is 14.8.